The fraction of sp³-hybridized carbons (Fsp3) is 0.111. The molecule has 0 saturated heterocycles. The molecule has 1 rings (SSSR count). The fourth-order valence-electron chi connectivity index (χ4n) is 1.21. The van der Waals surface area contributed by atoms with E-state index in [9.17, 15) is 13.6 Å². The van der Waals surface area contributed by atoms with Crippen LogP contribution in [0.4, 0.5) is 5.69 Å². The molecule has 7 nitrogen and oxygen atoms in total. The van der Waals surface area contributed by atoms with Crippen molar-refractivity contribution >= 4 is 30.1 Å². The fourth-order valence-corrected chi connectivity index (χ4v) is 2.82. The molecule has 0 heterocycles. The third-order valence-corrected chi connectivity index (χ3v) is 3.90. The van der Waals surface area contributed by atoms with Crippen LogP contribution >= 0.6 is 0 Å². The first-order chi connectivity index (χ1) is 7.75. The van der Waals surface area contributed by atoms with Crippen LogP contribution in [0.15, 0.2) is 12.1 Å². The van der Waals surface area contributed by atoms with Gasteiger partial charge in [0, 0.05) is 0 Å². The van der Waals surface area contributed by atoms with Gasteiger partial charge in [-0.05, 0) is 0 Å². The Labute approximate surface area is 99.3 Å². The van der Waals surface area contributed by atoms with Gasteiger partial charge < -0.3 is 0 Å². The van der Waals surface area contributed by atoms with Crippen LogP contribution in [0.5, 0.6) is 5.75 Å². The van der Waals surface area contributed by atoms with Gasteiger partial charge in [-0.3, -0.25) is 0 Å². The number of phenols is 1. The SMILES string of the molecule is CC(=O)Nc1c(O)cc(C#N)cc1[As](=O)(O)O. The van der Waals surface area contributed by atoms with Gasteiger partial charge in [-0.25, -0.2) is 0 Å². The molecule has 1 amide bonds. The Morgan fingerprint density at radius 2 is 2.06 bits per heavy atom. The molecule has 0 aliphatic carbocycles. The zero-order valence-electron chi connectivity index (χ0n) is 8.71. The van der Waals surface area contributed by atoms with E-state index in [4.69, 9.17) is 13.5 Å². The molecular formula is C9H9AsN2O5. The molecule has 0 saturated carbocycles. The predicted octanol–water partition coefficient (Wildman–Crippen LogP) is -1.22. The predicted molar refractivity (Wildman–Crippen MR) is 57.6 cm³/mol. The number of amides is 1. The number of aromatic hydroxyl groups is 1. The first kappa shape index (κ1) is 13.3. The van der Waals surface area contributed by atoms with Gasteiger partial charge in [0.25, 0.3) is 0 Å². The van der Waals surface area contributed by atoms with Gasteiger partial charge in [0.1, 0.15) is 0 Å². The summed E-state index contributed by atoms with van der Waals surface area (Å²) in [5.41, 5.74) is -0.458. The summed E-state index contributed by atoms with van der Waals surface area (Å²) in [6, 6.07) is 3.62. The van der Waals surface area contributed by atoms with E-state index in [1.54, 1.807) is 6.07 Å². The summed E-state index contributed by atoms with van der Waals surface area (Å²) in [5, 5.41) is 20.3. The Morgan fingerprint density at radius 1 is 1.47 bits per heavy atom. The number of nitriles is 1. The number of phenolic OH excluding ortho intramolecular Hbond substituents is 1. The van der Waals surface area contributed by atoms with Crippen LogP contribution in [0.25, 0.3) is 0 Å². The van der Waals surface area contributed by atoms with E-state index in [2.05, 4.69) is 5.32 Å². The van der Waals surface area contributed by atoms with Gasteiger partial charge in [0.05, 0.1) is 0 Å². The standard InChI is InChI=1S/C9H9AsN2O5/c1-5(13)12-9-7(10(15,16)17)2-6(4-11)3-8(9)14/h2-3,14H,1H3,(H,12,13)(H2,15,16,17). The van der Waals surface area contributed by atoms with Gasteiger partial charge in [0.15, 0.2) is 0 Å². The monoisotopic (exact) mass is 300 g/mol. The Bertz CT molecular complexity index is 557. The van der Waals surface area contributed by atoms with Gasteiger partial charge in [-0.2, -0.15) is 0 Å². The molecule has 0 bridgehead atoms. The van der Waals surface area contributed by atoms with Gasteiger partial charge in [-0.1, -0.05) is 0 Å². The normalized spacial score (nSPS) is 10.7. The van der Waals surface area contributed by atoms with E-state index in [-0.39, 0.29) is 11.3 Å². The van der Waals surface area contributed by atoms with E-state index < -0.39 is 30.2 Å². The molecule has 8 heteroatoms. The number of rotatable bonds is 2. The third-order valence-electron chi connectivity index (χ3n) is 1.84. The molecule has 0 aromatic heterocycles. The summed E-state index contributed by atoms with van der Waals surface area (Å²) in [7, 11) is 0. The summed E-state index contributed by atoms with van der Waals surface area (Å²) >= 11 is -5.35. The molecular weight excluding hydrogens is 291 g/mol. The maximum absolute atomic E-state index is 11.2. The van der Waals surface area contributed by atoms with Crippen molar-refractivity contribution in [3.05, 3.63) is 17.7 Å². The summed E-state index contributed by atoms with van der Waals surface area (Å²) in [6.07, 6.45) is 0. The van der Waals surface area contributed by atoms with Crippen LogP contribution < -0.4 is 9.67 Å². The van der Waals surface area contributed by atoms with Crippen molar-refractivity contribution in [1.82, 2.24) is 0 Å². The Kier molecular flexibility index (Phi) is 3.63. The summed E-state index contributed by atoms with van der Waals surface area (Å²) < 4.78 is 29.0. The van der Waals surface area contributed by atoms with Crippen LogP contribution in [0.2, 0.25) is 0 Å². The number of carbonyl (C=O) groups excluding carboxylic acids is 1. The van der Waals surface area contributed by atoms with E-state index >= 15 is 0 Å². The van der Waals surface area contributed by atoms with Crippen molar-refractivity contribution in [1.29, 1.82) is 5.26 Å². The molecule has 0 atom stereocenters. The number of nitrogens with one attached hydrogen (secondary N) is 1. The van der Waals surface area contributed by atoms with Crippen molar-refractivity contribution < 1.29 is 21.8 Å². The molecule has 1 aromatic rings. The number of anilines is 1. The Hall–Kier alpha value is -1.74. The van der Waals surface area contributed by atoms with Gasteiger partial charge in [0.2, 0.25) is 0 Å². The average Bonchev–Trinajstić information content (AvgIpc) is 2.18. The zero-order valence-corrected chi connectivity index (χ0v) is 10.6. The Morgan fingerprint density at radius 3 is 2.47 bits per heavy atom. The minimum atomic E-state index is -5.35. The summed E-state index contributed by atoms with van der Waals surface area (Å²) in [4.78, 5) is 10.9. The number of benzene rings is 1. The number of hydrogen-bond donors (Lipinski definition) is 4. The molecule has 90 valence electrons. The van der Waals surface area contributed by atoms with Crippen LogP contribution in [0.1, 0.15) is 12.5 Å². The van der Waals surface area contributed by atoms with Crippen molar-refractivity contribution in [2.75, 3.05) is 5.32 Å². The number of nitrogens with zero attached hydrogens (tertiary/aromatic N) is 1. The van der Waals surface area contributed by atoms with Crippen molar-refractivity contribution in [2.45, 2.75) is 6.92 Å². The first-order valence-corrected chi connectivity index (χ1v) is 7.75. The minimum absolute atomic E-state index is 0.101. The van der Waals surface area contributed by atoms with E-state index in [0.717, 1.165) is 19.1 Å². The first-order valence-electron chi connectivity index (χ1n) is 4.36. The van der Waals surface area contributed by atoms with Crippen molar-refractivity contribution in [3.8, 4) is 11.8 Å². The quantitative estimate of drug-likeness (QED) is 0.400. The van der Waals surface area contributed by atoms with E-state index in [0.29, 0.717) is 0 Å². The summed E-state index contributed by atoms with van der Waals surface area (Å²) in [5.74, 6) is -1.14. The molecule has 0 spiro atoms. The van der Waals surface area contributed by atoms with Crippen LogP contribution in [0.3, 0.4) is 0 Å². The van der Waals surface area contributed by atoms with Crippen LogP contribution in [-0.4, -0.2) is 33.4 Å². The summed E-state index contributed by atoms with van der Waals surface area (Å²) in [6.45, 7) is 1.13. The average molecular weight is 300 g/mol. The van der Waals surface area contributed by atoms with Crippen molar-refractivity contribution in [3.63, 3.8) is 0 Å². The van der Waals surface area contributed by atoms with Gasteiger partial charge >= 0.3 is 99.0 Å². The van der Waals surface area contributed by atoms with E-state index in [1.165, 1.54) is 0 Å². The van der Waals surface area contributed by atoms with Crippen molar-refractivity contribution in [2.24, 2.45) is 0 Å². The number of carbonyl (C=O) groups is 1. The molecule has 17 heavy (non-hydrogen) atoms. The maximum atomic E-state index is 11.2. The molecule has 0 radical (unpaired) electrons. The zero-order chi connectivity index (χ0) is 13.2. The third kappa shape index (κ3) is 3.11. The second kappa shape index (κ2) is 4.63. The molecule has 1 aromatic carbocycles. The molecule has 4 N–H and O–H groups in total. The molecule has 0 aliphatic heterocycles. The second-order valence-corrected chi connectivity index (χ2v) is 6.52. The molecule has 0 aliphatic rings. The Balaban J connectivity index is 3.52. The second-order valence-electron chi connectivity index (χ2n) is 3.23. The van der Waals surface area contributed by atoms with Crippen LogP contribution in [0, 0.1) is 11.3 Å². The topological polar surface area (TPSA) is 131 Å². The number of hydrogen-bond acceptors (Lipinski definition) is 4. The van der Waals surface area contributed by atoms with Gasteiger partial charge in [-0.15, -0.1) is 0 Å². The molecule has 0 unspecified atom stereocenters. The van der Waals surface area contributed by atoms with Crippen LogP contribution in [-0.2, 0) is 8.53 Å². The van der Waals surface area contributed by atoms with E-state index in [1.807, 2.05) is 0 Å². The molecule has 0 fully saturated rings.